The van der Waals surface area contributed by atoms with Gasteiger partial charge in [-0.2, -0.15) is 0 Å². The van der Waals surface area contributed by atoms with Crippen molar-refractivity contribution >= 4 is 27.5 Å². The number of esters is 1. The van der Waals surface area contributed by atoms with Crippen molar-refractivity contribution in [1.29, 1.82) is 0 Å². The third-order valence-electron chi connectivity index (χ3n) is 4.51. The molecular weight excluding hydrogens is 350 g/mol. The second kappa shape index (κ2) is 8.77. The number of aromatic nitrogens is 2. The number of carbonyl (C=O) groups excluding carboxylic acids is 1. The number of fused-ring (bicyclic) bond motifs is 1. The molecule has 0 bridgehead atoms. The smallest absolute Gasteiger partial charge is 0.348 e. The number of hydrogen-bond acceptors (Lipinski definition) is 6. The highest BCUT2D eigenvalue weighted by molar-refractivity contribution is 7.20. The molecule has 2 aromatic rings. The van der Waals surface area contributed by atoms with E-state index in [1.807, 2.05) is 20.8 Å². The molecule has 0 fully saturated rings. The molecular formula is C19H29N3O3S. The standard InChI is InChI=1S/C19H29N3O3S/c1-7-21(8-2)9-10-22-14(6)20-17-15(18(22)23)13(5)16(26-17)19(24)25-11-12(3)4/h12H,7-11H2,1-6H3. The van der Waals surface area contributed by atoms with Crippen LogP contribution in [0.2, 0.25) is 0 Å². The average Bonchev–Trinajstić information content (AvgIpc) is 2.92. The fraction of sp³-hybridized carbons (Fsp3) is 0.632. The van der Waals surface area contributed by atoms with Gasteiger partial charge < -0.3 is 9.64 Å². The van der Waals surface area contributed by atoms with Gasteiger partial charge in [0.2, 0.25) is 0 Å². The number of likely N-dealkylation sites (N-methyl/N-ethyl adjacent to an activating group) is 1. The Morgan fingerprint density at radius 3 is 2.50 bits per heavy atom. The summed E-state index contributed by atoms with van der Waals surface area (Å²) in [6, 6.07) is 0. The number of rotatable bonds is 8. The molecule has 0 aliphatic heterocycles. The van der Waals surface area contributed by atoms with Crippen LogP contribution < -0.4 is 5.56 Å². The molecule has 0 N–H and O–H groups in total. The number of aryl methyl sites for hydroxylation is 2. The Labute approximate surface area is 158 Å². The van der Waals surface area contributed by atoms with Gasteiger partial charge in [0.15, 0.2) is 0 Å². The average molecular weight is 380 g/mol. The Balaban J connectivity index is 2.39. The lowest BCUT2D eigenvalue weighted by atomic mass is 10.2. The van der Waals surface area contributed by atoms with E-state index in [0.717, 1.165) is 19.6 Å². The third-order valence-corrected chi connectivity index (χ3v) is 5.67. The molecule has 0 atom stereocenters. The van der Waals surface area contributed by atoms with E-state index < -0.39 is 0 Å². The molecule has 2 aromatic heterocycles. The molecule has 0 unspecified atom stereocenters. The van der Waals surface area contributed by atoms with Gasteiger partial charge in [-0.05, 0) is 38.4 Å². The van der Waals surface area contributed by atoms with Gasteiger partial charge in [0.25, 0.3) is 5.56 Å². The summed E-state index contributed by atoms with van der Waals surface area (Å²) >= 11 is 1.24. The van der Waals surface area contributed by atoms with E-state index in [9.17, 15) is 9.59 Å². The van der Waals surface area contributed by atoms with Gasteiger partial charge >= 0.3 is 5.97 Å². The molecule has 0 aliphatic rings. The Bertz CT molecular complexity index is 835. The zero-order chi connectivity index (χ0) is 19.4. The second-order valence-electron chi connectivity index (χ2n) is 6.87. The lowest BCUT2D eigenvalue weighted by molar-refractivity contribution is 0.0464. The Morgan fingerprint density at radius 2 is 1.92 bits per heavy atom. The minimum Gasteiger partial charge on any atom is -0.461 e. The van der Waals surface area contributed by atoms with Crippen molar-refractivity contribution in [3.63, 3.8) is 0 Å². The Kier molecular flexibility index (Phi) is 6.94. The van der Waals surface area contributed by atoms with Gasteiger partial charge in [-0.25, -0.2) is 9.78 Å². The summed E-state index contributed by atoms with van der Waals surface area (Å²) in [5.41, 5.74) is 0.601. The number of nitrogens with zero attached hydrogens (tertiary/aromatic N) is 3. The predicted octanol–water partition coefficient (Wildman–Crippen LogP) is 3.23. The molecule has 0 saturated carbocycles. The molecule has 6 nitrogen and oxygen atoms in total. The minimum absolute atomic E-state index is 0.0729. The molecule has 2 rings (SSSR count). The van der Waals surface area contributed by atoms with Crippen LogP contribution in [-0.2, 0) is 11.3 Å². The summed E-state index contributed by atoms with van der Waals surface area (Å²) in [7, 11) is 0. The lowest BCUT2D eigenvalue weighted by Gasteiger charge is -2.19. The van der Waals surface area contributed by atoms with Crippen LogP contribution >= 0.6 is 11.3 Å². The van der Waals surface area contributed by atoms with E-state index in [-0.39, 0.29) is 17.4 Å². The van der Waals surface area contributed by atoms with Crippen molar-refractivity contribution in [2.45, 2.75) is 48.1 Å². The van der Waals surface area contributed by atoms with Crippen LogP contribution in [0.3, 0.4) is 0 Å². The zero-order valence-corrected chi connectivity index (χ0v) is 17.4. The molecule has 0 amide bonds. The molecule has 0 aliphatic carbocycles. The molecule has 0 saturated heterocycles. The van der Waals surface area contributed by atoms with Crippen molar-refractivity contribution in [3.05, 3.63) is 26.6 Å². The summed E-state index contributed by atoms with van der Waals surface area (Å²) in [6.45, 7) is 15.5. The molecule has 26 heavy (non-hydrogen) atoms. The third kappa shape index (κ3) is 4.32. The summed E-state index contributed by atoms with van der Waals surface area (Å²) in [4.78, 5) is 33.3. The maximum absolute atomic E-state index is 13.0. The van der Waals surface area contributed by atoms with E-state index >= 15 is 0 Å². The van der Waals surface area contributed by atoms with Crippen LogP contribution in [0.25, 0.3) is 10.2 Å². The summed E-state index contributed by atoms with van der Waals surface area (Å²) < 4.78 is 7.05. The summed E-state index contributed by atoms with van der Waals surface area (Å²) in [5.74, 6) is 0.579. The Morgan fingerprint density at radius 1 is 1.27 bits per heavy atom. The van der Waals surface area contributed by atoms with Crippen molar-refractivity contribution in [2.75, 3.05) is 26.2 Å². The first kappa shape index (κ1) is 20.6. The Hall–Kier alpha value is -1.73. The number of thiophene rings is 1. The van der Waals surface area contributed by atoms with Gasteiger partial charge in [0, 0.05) is 13.1 Å². The van der Waals surface area contributed by atoms with Crippen molar-refractivity contribution in [1.82, 2.24) is 14.5 Å². The molecule has 0 aromatic carbocycles. The highest BCUT2D eigenvalue weighted by Gasteiger charge is 2.22. The fourth-order valence-corrected chi connectivity index (χ4v) is 3.98. The fourth-order valence-electron chi connectivity index (χ4n) is 2.87. The maximum Gasteiger partial charge on any atom is 0.348 e. The zero-order valence-electron chi connectivity index (χ0n) is 16.6. The summed E-state index contributed by atoms with van der Waals surface area (Å²) in [5, 5.41) is 0.539. The van der Waals surface area contributed by atoms with Gasteiger partial charge in [-0.3, -0.25) is 9.36 Å². The van der Waals surface area contributed by atoms with Crippen LogP contribution in [0, 0.1) is 19.8 Å². The first-order valence-corrected chi connectivity index (χ1v) is 10.0. The number of carbonyl (C=O) groups is 1. The SMILES string of the molecule is CCN(CC)CCn1c(C)nc2sc(C(=O)OCC(C)C)c(C)c2c1=O. The van der Waals surface area contributed by atoms with E-state index in [1.54, 1.807) is 11.5 Å². The first-order valence-electron chi connectivity index (χ1n) is 9.20. The lowest BCUT2D eigenvalue weighted by Crippen LogP contribution is -2.32. The van der Waals surface area contributed by atoms with E-state index in [0.29, 0.717) is 39.6 Å². The molecule has 7 heteroatoms. The largest absolute Gasteiger partial charge is 0.461 e. The van der Waals surface area contributed by atoms with Gasteiger partial charge in [-0.15, -0.1) is 11.3 Å². The van der Waals surface area contributed by atoms with Crippen LogP contribution in [0.1, 0.15) is 48.8 Å². The molecule has 0 spiro atoms. The molecule has 2 heterocycles. The number of hydrogen-bond donors (Lipinski definition) is 0. The monoisotopic (exact) mass is 379 g/mol. The van der Waals surface area contributed by atoms with Crippen molar-refractivity contribution < 1.29 is 9.53 Å². The highest BCUT2D eigenvalue weighted by atomic mass is 32.1. The van der Waals surface area contributed by atoms with E-state index in [4.69, 9.17) is 4.74 Å². The van der Waals surface area contributed by atoms with Crippen LogP contribution in [-0.4, -0.2) is 46.7 Å². The molecule has 0 radical (unpaired) electrons. The van der Waals surface area contributed by atoms with Crippen LogP contribution in [0.15, 0.2) is 4.79 Å². The predicted molar refractivity (Wildman–Crippen MR) is 106 cm³/mol. The minimum atomic E-state index is -0.369. The van der Waals surface area contributed by atoms with Crippen LogP contribution in [0.5, 0.6) is 0 Å². The van der Waals surface area contributed by atoms with Crippen molar-refractivity contribution in [2.24, 2.45) is 5.92 Å². The molecule has 144 valence electrons. The highest BCUT2D eigenvalue weighted by Crippen LogP contribution is 2.28. The maximum atomic E-state index is 13.0. The van der Waals surface area contributed by atoms with Crippen LogP contribution in [0.4, 0.5) is 0 Å². The first-order chi connectivity index (χ1) is 12.3. The van der Waals surface area contributed by atoms with Gasteiger partial charge in [-0.1, -0.05) is 27.7 Å². The van der Waals surface area contributed by atoms with E-state index in [1.165, 1.54) is 11.3 Å². The van der Waals surface area contributed by atoms with E-state index in [2.05, 4.69) is 23.7 Å². The van der Waals surface area contributed by atoms with Gasteiger partial charge in [0.1, 0.15) is 15.5 Å². The second-order valence-corrected chi connectivity index (χ2v) is 7.87. The topological polar surface area (TPSA) is 64.4 Å². The quantitative estimate of drug-likeness (QED) is 0.659. The normalized spacial score (nSPS) is 11.7. The summed E-state index contributed by atoms with van der Waals surface area (Å²) in [6.07, 6.45) is 0. The van der Waals surface area contributed by atoms with Crippen molar-refractivity contribution in [3.8, 4) is 0 Å². The van der Waals surface area contributed by atoms with Gasteiger partial charge in [0.05, 0.1) is 12.0 Å². The number of ether oxygens (including phenoxy) is 1.